The number of carbonyl (C=O) groups excluding carboxylic acids is 1. The molecule has 2 unspecified atom stereocenters. The summed E-state index contributed by atoms with van der Waals surface area (Å²) in [6.45, 7) is 2.66. The Morgan fingerprint density at radius 3 is 2.31 bits per heavy atom. The van der Waals surface area contributed by atoms with E-state index < -0.39 is 15.9 Å². The molecule has 2 aliphatic rings. The maximum atomic E-state index is 13.8. The molecule has 184 valence electrons. The Morgan fingerprint density at radius 1 is 1.03 bits per heavy atom. The van der Waals surface area contributed by atoms with Gasteiger partial charge in [0.15, 0.2) is 0 Å². The number of anilines is 1. The van der Waals surface area contributed by atoms with Crippen molar-refractivity contribution < 1.29 is 13.2 Å². The fourth-order valence-electron chi connectivity index (χ4n) is 5.13. The van der Waals surface area contributed by atoms with Crippen molar-refractivity contribution in [2.75, 3.05) is 45.2 Å². The van der Waals surface area contributed by atoms with Crippen LogP contribution in [0.4, 0.5) is 5.95 Å². The summed E-state index contributed by atoms with van der Waals surface area (Å²) >= 11 is 0. The van der Waals surface area contributed by atoms with E-state index in [9.17, 15) is 13.2 Å². The van der Waals surface area contributed by atoms with Crippen LogP contribution < -0.4 is 10.6 Å². The number of benzene rings is 2. The van der Waals surface area contributed by atoms with Gasteiger partial charge in [0, 0.05) is 38.1 Å². The van der Waals surface area contributed by atoms with Gasteiger partial charge >= 0.3 is 0 Å². The van der Waals surface area contributed by atoms with E-state index in [1.165, 1.54) is 12.4 Å². The number of sulfonamides is 1. The second kappa shape index (κ2) is 9.18. The van der Waals surface area contributed by atoms with Gasteiger partial charge in [-0.2, -0.15) is 4.31 Å². The maximum absolute atomic E-state index is 13.8. The number of amides is 1. The van der Waals surface area contributed by atoms with Gasteiger partial charge in [-0.05, 0) is 61.8 Å². The molecule has 0 radical (unpaired) electrons. The van der Waals surface area contributed by atoms with Gasteiger partial charge in [-0.3, -0.25) is 4.79 Å². The van der Waals surface area contributed by atoms with E-state index in [-0.39, 0.29) is 23.4 Å². The molecule has 2 N–H and O–H groups in total. The predicted molar refractivity (Wildman–Crippen MR) is 135 cm³/mol. The number of nitrogens with two attached hydrogens (primary N) is 1. The van der Waals surface area contributed by atoms with E-state index in [0.29, 0.717) is 30.5 Å². The van der Waals surface area contributed by atoms with Crippen LogP contribution in [0.1, 0.15) is 16.8 Å². The summed E-state index contributed by atoms with van der Waals surface area (Å²) in [5.74, 6) is 0.429. The molecule has 3 aromatic rings. The number of nitrogens with zero attached hydrogens (tertiary/aromatic N) is 5. The zero-order chi connectivity index (χ0) is 24.7. The molecule has 2 heterocycles. The van der Waals surface area contributed by atoms with Crippen LogP contribution in [0.3, 0.4) is 0 Å². The van der Waals surface area contributed by atoms with Crippen molar-refractivity contribution in [1.82, 2.24) is 19.2 Å². The molecule has 2 fully saturated rings. The molecule has 1 aliphatic heterocycles. The molecule has 1 aromatic heterocycles. The first-order chi connectivity index (χ1) is 16.8. The number of piperidine rings is 1. The molecule has 9 nitrogen and oxygen atoms in total. The Balaban J connectivity index is 1.36. The molecule has 0 spiro atoms. The number of fused-ring (bicyclic) bond motifs is 2. The van der Waals surface area contributed by atoms with Crippen LogP contribution in [0.25, 0.3) is 10.8 Å². The number of aromatic nitrogens is 2. The van der Waals surface area contributed by atoms with Crippen LogP contribution in [0, 0.1) is 11.8 Å². The largest absolute Gasteiger partial charge is 0.366 e. The third-order valence-corrected chi connectivity index (χ3v) is 8.89. The van der Waals surface area contributed by atoms with E-state index in [1.807, 2.05) is 44.4 Å². The summed E-state index contributed by atoms with van der Waals surface area (Å²) in [6.07, 6.45) is 3.63. The highest BCUT2D eigenvalue weighted by Crippen LogP contribution is 2.51. The van der Waals surface area contributed by atoms with Crippen molar-refractivity contribution in [2.24, 2.45) is 17.6 Å². The highest BCUT2D eigenvalue weighted by Gasteiger charge is 2.61. The minimum absolute atomic E-state index is 0.0326. The molecule has 0 bridgehead atoms. The van der Waals surface area contributed by atoms with Crippen molar-refractivity contribution in [2.45, 2.75) is 17.4 Å². The Morgan fingerprint density at radius 2 is 1.69 bits per heavy atom. The summed E-state index contributed by atoms with van der Waals surface area (Å²) in [5.41, 5.74) is 5.55. The van der Waals surface area contributed by atoms with Crippen LogP contribution >= 0.6 is 0 Å². The molecule has 1 aliphatic carbocycles. The number of hydrogen-bond donors (Lipinski definition) is 1. The molecule has 10 heteroatoms. The monoisotopic (exact) mass is 494 g/mol. The smallest absolute Gasteiger partial charge is 0.251 e. The second-order valence-corrected chi connectivity index (χ2v) is 11.5. The first-order valence-corrected chi connectivity index (χ1v) is 13.2. The molecule has 35 heavy (non-hydrogen) atoms. The van der Waals surface area contributed by atoms with E-state index in [2.05, 4.69) is 19.8 Å². The molecule has 2 atom stereocenters. The van der Waals surface area contributed by atoms with Gasteiger partial charge < -0.3 is 15.5 Å². The molecule has 1 saturated heterocycles. The highest BCUT2D eigenvalue weighted by molar-refractivity contribution is 7.89. The number of primary amides is 1. The van der Waals surface area contributed by atoms with Gasteiger partial charge in [0.05, 0.1) is 10.5 Å². The summed E-state index contributed by atoms with van der Waals surface area (Å²) in [5, 5.41) is 1.94. The normalized spacial score (nSPS) is 21.6. The molecule has 2 aromatic carbocycles. The van der Waals surface area contributed by atoms with E-state index in [4.69, 9.17) is 5.73 Å². The van der Waals surface area contributed by atoms with Crippen molar-refractivity contribution >= 4 is 32.7 Å². The number of hydrogen-bond acceptors (Lipinski definition) is 7. The van der Waals surface area contributed by atoms with Crippen molar-refractivity contribution in [3.8, 4) is 0 Å². The molecular formula is C25H30N6O3S. The van der Waals surface area contributed by atoms with Crippen molar-refractivity contribution in [1.29, 1.82) is 0 Å². The number of carbonyl (C=O) groups is 1. The van der Waals surface area contributed by atoms with Gasteiger partial charge in [-0.25, -0.2) is 18.4 Å². The van der Waals surface area contributed by atoms with Gasteiger partial charge in [0.2, 0.25) is 16.0 Å². The first-order valence-electron chi connectivity index (χ1n) is 11.8. The van der Waals surface area contributed by atoms with Crippen LogP contribution in [0.15, 0.2) is 59.8 Å². The van der Waals surface area contributed by atoms with Gasteiger partial charge in [-0.1, -0.05) is 30.3 Å². The van der Waals surface area contributed by atoms with Crippen molar-refractivity contribution in [3.63, 3.8) is 0 Å². The van der Waals surface area contributed by atoms with Crippen LogP contribution in [0.5, 0.6) is 0 Å². The minimum atomic E-state index is -3.65. The lowest BCUT2D eigenvalue weighted by Crippen LogP contribution is -2.40. The summed E-state index contributed by atoms with van der Waals surface area (Å²) in [6, 6.07) is 13.1. The Kier molecular flexibility index (Phi) is 6.20. The quantitative estimate of drug-likeness (QED) is 0.483. The van der Waals surface area contributed by atoms with E-state index >= 15 is 0 Å². The maximum Gasteiger partial charge on any atom is 0.251 e. The lowest BCUT2D eigenvalue weighted by Gasteiger charge is -2.27. The lowest BCUT2D eigenvalue weighted by atomic mass is 10.1. The third kappa shape index (κ3) is 4.61. The summed E-state index contributed by atoms with van der Waals surface area (Å²) in [7, 11) is 0.338. The minimum Gasteiger partial charge on any atom is -0.366 e. The average Bonchev–Trinajstić information content (AvgIpc) is 3.31. The summed E-state index contributed by atoms with van der Waals surface area (Å²) < 4.78 is 29.4. The third-order valence-electron chi connectivity index (χ3n) is 7.00. The van der Waals surface area contributed by atoms with Crippen molar-refractivity contribution in [3.05, 3.63) is 60.4 Å². The predicted octanol–water partition coefficient (Wildman–Crippen LogP) is 1.81. The SMILES string of the molecule is CN(C)CCCN(C1C2CN(c3ncc(C(N)=O)cn3)CC21)S(=O)(=O)c1ccc2ccccc2c1. The van der Waals surface area contributed by atoms with E-state index in [0.717, 1.165) is 23.7 Å². The molecule has 1 saturated carbocycles. The van der Waals surface area contributed by atoms with Gasteiger partial charge in [-0.15, -0.1) is 0 Å². The Hall–Kier alpha value is -3.08. The van der Waals surface area contributed by atoms with E-state index in [1.54, 1.807) is 16.4 Å². The van der Waals surface area contributed by atoms with Gasteiger partial charge in [0.25, 0.3) is 5.91 Å². The Labute approximate surface area is 205 Å². The molecule has 1 amide bonds. The lowest BCUT2D eigenvalue weighted by molar-refractivity contribution is 0.0999. The topological polar surface area (TPSA) is 113 Å². The van der Waals surface area contributed by atoms with Crippen LogP contribution in [-0.2, 0) is 10.0 Å². The average molecular weight is 495 g/mol. The second-order valence-electron chi connectivity index (χ2n) is 9.64. The van der Waals surface area contributed by atoms with Gasteiger partial charge in [0.1, 0.15) is 0 Å². The zero-order valence-electron chi connectivity index (χ0n) is 19.9. The first kappa shape index (κ1) is 23.7. The summed E-state index contributed by atoms with van der Waals surface area (Å²) in [4.78, 5) is 24.3. The molecular weight excluding hydrogens is 464 g/mol. The fourth-order valence-corrected chi connectivity index (χ4v) is 6.92. The standard InChI is InChI=1S/C25H30N6O3S/c1-29(2)10-5-11-31(35(33,34)20-9-8-17-6-3-4-7-18(17)12-20)23-21-15-30(16-22(21)23)25-27-13-19(14-28-25)24(26)32/h3-4,6-9,12-14,21-23H,5,10-11,15-16H2,1-2H3,(H2,26,32). The molecule has 5 rings (SSSR count). The number of rotatable bonds is 9. The van der Waals surface area contributed by atoms with Crippen LogP contribution in [-0.4, -0.2) is 79.8 Å². The zero-order valence-corrected chi connectivity index (χ0v) is 20.7. The fraction of sp³-hybridized carbons (Fsp3) is 0.400. The Bertz CT molecular complexity index is 1330. The highest BCUT2D eigenvalue weighted by atomic mass is 32.2. The van der Waals surface area contributed by atoms with Crippen LogP contribution in [0.2, 0.25) is 0 Å².